The number of hydrogen-bond donors (Lipinski definition) is 1. The van der Waals surface area contributed by atoms with Gasteiger partial charge in [-0.3, -0.25) is 4.79 Å². The Balaban J connectivity index is 2.14. The summed E-state index contributed by atoms with van der Waals surface area (Å²) in [5.74, 6) is -0.390. The molecule has 0 aliphatic carbocycles. The van der Waals surface area contributed by atoms with E-state index in [9.17, 15) is 9.90 Å². The van der Waals surface area contributed by atoms with Gasteiger partial charge in [-0.1, -0.05) is 35.9 Å². The first kappa shape index (κ1) is 15.5. The maximum Gasteiger partial charge on any atom is 0.309 e. The van der Waals surface area contributed by atoms with E-state index in [1.807, 2.05) is 58.0 Å². The van der Waals surface area contributed by atoms with Gasteiger partial charge in [-0.05, 0) is 50.1 Å². The molecule has 1 unspecified atom stereocenters. The van der Waals surface area contributed by atoms with Crippen molar-refractivity contribution in [2.24, 2.45) is 0 Å². The summed E-state index contributed by atoms with van der Waals surface area (Å²) in [6.45, 7) is 7.49. The van der Waals surface area contributed by atoms with Gasteiger partial charge in [0.25, 0.3) is 0 Å². The lowest BCUT2D eigenvalue weighted by Gasteiger charge is -2.20. The van der Waals surface area contributed by atoms with E-state index in [0.717, 1.165) is 16.3 Å². The van der Waals surface area contributed by atoms with E-state index in [1.54, 1.807) is 0 Å². The van der Waals surface area contributed by atoms with E-state index < -0.39 is 11.7 Å². The van der Waals surface area contributed by atoms with E-state index in [-0.39, 0.29) is 12.4 Å². The Labute approximate surface area is 125 Å². The van der Waals surface area contributed by atoms with Crippen molar-refractivity contribution in [3.05, 3.63) is 47.5 Å². The van der Waals surface area contributed by atoms with Crippen LogP contribution in [0, 0.1) is 6.92 Å². The van der Waals surface area contributed by atoms with Crippen LogP contribution < -0.4 is 0 Å². The van der Waals surface area contributed by atoms with Gasteiger partial charge in [0.2, 0.25) is 0 Å². The van der Waals surface area contributed by atoms with Crippen molar-refractivity contribution in [2.75, 3.05) is 0 Å². The smallest absolute Gasteiger partial charge is 0.309 e. The third-order valence-corrected chi connectivity index (χ3v) is 3.18. The molecule has 21 heavy (non-hydrogen) atoms. The Bertz CT molecular complexity index is 653. The average molecular weight is 286 g/mol. The highest BCUT2D eigenvalue weighted by molar-refractivity contribution is 5.84. The van der Waals surface area contributed by atoms with Crippen molar-refractivity contribution in [3.63, 3.8) is 0 Å². The molecule has 2 rings (SSSR count). The second-order valence-electron chi connectivity index (χ2n) is 6.42. The van der Waals surface area contributed by atoms with Crippen molar-refractivity contribution < 1.29 is 14.6 Å². The molecule has 2 aromatic rings. The molecule has 0 heterocycles. The van der Waals surface area contributed by atoms with Crippen LogP contribution in [0.2, 0.25) is 0 Å². The molecule has 1 atom stereocenters. The van der Waals surface area contributed by atoms with Gasteiger partial charge < -0.3 is 9.84 Å². The Morgan fingerprint density at radius 3 is 2.43 bits per heavy atom. The second-order valence-corrected chi connectivity index (χ2v) is 6.42. The molecule has 0 saturated heterocycles. The lowest BCUT2D eigenvalue weighted by molar-refractivity contribution is -0.157. The first-order valence-electron chi connectivity index (χ1n) is 7.15. The zero-order valence-electron chi connectivity index (χ0n) is 13.0. The van der Waals surface area contributed by atoms with Crippen molar-refractivity contribution in [2.45, 2.75) is 45.8 Å². The fourth-order valence-electron chi connectivity index (χ4n) is 2.25. The van der Waals surface area contributed by atoms with Crippen LogP contribution in [0.3, 0.4) is 0 Å². The van der Waals surface area contributed by atoms with Gasteiger partial charge in [-0.2, -0.15) is 0 Å². The molecule has 3 nitrogen and oxygen atoms in total. The first-order chi connectivity index (χ1) is 9.74. The van der Waals surface area contributed by atoms with Gasteiger partial charge in [0, 0.05) is 0 Å². The minimum atomic E-state index is -0.842. The second kappa shape index (κ2) is 5.86. The van der Waals surface area contributed by atoms with Crippen molar-refractivity contribution >= 4 is 16.7 Å². The number of carbonyl (C=O) groups is 1. The van der Waals surface area contributed by atoms with Crippen LogP contribution in [0.1, 0.15) is 44.4 Å². The molecule has 1 N–H and O–H groups in total. The normalized spacial score (nSPS) is 13.2. The molecular weight excluding hydrogens is 264 g/mol. The van der Waals surface area contributed by atoms with Gasteiger partial charge in [-0.25, -0.2) is 0 Å². The van der Waals surface area contributed by atoms with E-state index in [1.165, 1.54) is 5.56 Å². The molecule has 0 spiro atoms. The molecule has 0 fully saturated rings. The number of aliphatic hydroxyl groups is 1. The third kappa shape index (κ3) is 4.30. The number of carbonyl (C=O) groups excluding carboxylic acids is 1. The van der Waals surface area contributed by atoms with Crippen LogP contribution in [0.25, 0.3) is 10.8 Å². The van der Waals surface area contributed by atoms with Crippen molar-refractivity contribution in [1.82, 2.24) is 0 Å². The molecule has 0 radical (unpaired) electrons. The van der Waals surface area contributed by atoms with Crippen LogP contribution in [0.15, 0.2) is 36.4 Å². The summed E-state index contributed by atoms with van der Waals surface area (Å²) in [5.41, 5.74) is 1.40. The van der Waals surface area contributed by atoms with Crippen LogP contribution >= 0.6 is 0 Å². The predicted octanol–water partition coefficient (Wildman–Crippen LogP) is 3.91. The average Bonchev–Trinajstić information content (AvgIpc) is 2.35. The molecule has 0 bridgehead atoms. The van der Waals surface area contributed by atoms with Crippen molar-refractivity contribution in [3.8, 4) is 0 Å². The minimum absolute atomic E-state index is 0.0331. The van der Waals surface area contributed by atoms with Crippen LogP contribution in [0.5, 0.6) is 0 Å². The Morgan fingerprint density at radius 2 is 1.76 bits per heavy atom. The fraction of sp³-hybridized carbons (Fsp3) is 0.389. The number of rotatable bonds is 3. The number of benzene rings is 2. The van der Waals surface area contributed by atoms with Crippen LogP contribution in [-0.4, -0.2) is 16.7 Å². The molecule has 2 aromatic carbocycles. The summed E-state index contributed by atoms with van der Waals surface area (Å²) < 4.78 is 5.23. The van der Waals surface area contributed by atoms with Gasteiger partial charge >= 0.3 is 5.97 Å². The largest absolute Gasteiger partial charge is 0.460 e. The van der Waals surface area contributed by atoms with Crippen LogP contribution in [0.4, 0.5) is 0 Å². The molecule has 3 heteroatoms. The maximum atomic E-state index is 11.8. The molecular formula is C18H22O3. The minimum Gasteiger partial charge on any atom is -0.460 e. The Hall–Kier alpha value is -1.87. The molecule has 0 aliphatic rings. The number of hydrogen-bond acceptors (Lipinski definition) is 3. The molecule has 0 amide bonds. The number of esters is 1. The van der Waals surface area contributed by atoms with Crippen LogP contribution in [-0.2, 0) is 9.53 Å². The van der Waals surface area contributed by atoms with Gasteiger partial charge in [0.15, 0.2) is 0 Å². The Morgan fingerprint density at radius 1 is 1.14 bits per heavy atom. The number of aliphatic hydroxyl groups excluding tert-OH is 1. The van der Waals surface area contributed by atoms with Gasteiger partial charge in [0.1, 0.15) is 5.60 Å². The quantitative estimate of drug-likeness (QED) is 0.870. The molecule has 0 aliphatic heterocycles. The third-order valence-electron chi connectivity index (χ3n) is 3.18. The molecule has 0 aromatic heterocycles. The number of aryl methyl sites for hydroxylation is 1. The van der Waals surface area contributed by atoms with E-state index in [4.69, 9.17) is 4.74 Å². The van der Waals surface area contributed by atoms with Gasteiger partial charge in [-0.15, -0.1) is 0 Å². The summed E-state index contributed by atoms with van der Waals surface area (Å²) in [6, 6.07) is 11.9. The highest BCUT2D eigenvalue weighted by Crippen LogP contribution is 2.24. The lowest BCUT2D eigenvalue weighted by atomic mass is 10.0. The summed E-state index contributed by atoms with van der Waals surface area (Å²) >= 11 is 0. The molecule has 112 valence electrons. The summed E-state index contributed by atoms with van der Waals surface area (Å²) in [5, 5.41) is 12.4. The number of ether oxygens (including phenoxy) is 1. The van der Waals surface area contributed by atoms with E-state index >= 15 is 0 Å². The Kier molecular flexibility index (Phi) is 4.33. The lowest BCUT2D eigenvalue weighted by Crippen LogP contribution is -2.24. The topological polar surface area (TPSA) is 46.5 Å². The highest BCUT2D eigenvalue weighted by atomic mass is 16.6. The fourth-order valence-corrected chi connectivity index (χ4v) is 2.25. The monoisotopic (exact) mass is 286 g/mol. The van der Waals surface area contributed by atoms with E-state index in [2.05, 4.69) is 6.07 Å². The van der Waals surface area contributed by atoms with Gasteiger partial charge in [0.05, 0.1) is 12.5 Å². The summed E-state index contributed by atoms with van der Waals surface area (Å²) in [4.78, 5) is 11.8. The standard InChI is InChI=1S/C18H22O3/c1-12-5-6-14-10-15(8-7-13(14)9-12)16(19)11-17(20)21-18(2,3)4/h5-10,16,19H,11H2,1-4H3. The molecule has 0 saturated carbocycles. The van der Waals surface area contributed by atoms with E-state index in [0.29, 0.717) is 0 Å². The summed E-state index contributed by atoms with van der Waals surface area (Å²) in [6.07, 6.45) is -0.875. The number of fused-ring (bicyclic) bond motifs is 1. The summed E-state index contributed by atoms with van der Waals surface area (Å²) in [7, 11) is 0. The SMILES string of the molecule is Cc1ccc2cc(C(O)CC(=O)OC(C)(C)C)ccc2c1. The predicted molar refractivity (Wildman–Crippen MR) is 84.1 cm³/mol. The zero-order valence-corrected chi connectivity index (χ0v) is 13.0. The van der Waals surface area contributed by atoms with Crippen molar-refractivity contribution in [1.29, 1.82) is 0 Å². The first-order valence-corrected chi connectivity index (χ1v) is 7.15. The highest BCUT2D eigenvalue weighted by Gasteiger charge is 2.20. The zero-order chi connectivity index (χ0) is 15.6. The maximum absolute atomic E-state index is 11.8.